The van der Waals surface area contributed by atoms with E-state index in [1.165, 1.54) is 12.1 Å². The average Bonchev–Trinajstić information content (AvgIpc) is 2.84. The van der Waals surface area contributed by atoms with Gasteiger partial charge in [-0.05, 0) is 55.3 Å². The molecule has 0 aliphatic carbocycles. The monoisotopic (exact) mass is 503 g/mol. The molecule has 1 aliphatic heterocycles. The maximum absolute atomic E-state index is 13.2. The minimum atomic E-state index is -0.875. The summed E-state index contributed by atoms with van der Waals surface area (Å²) < 4.78 is 5.69. The summed E-state index contributed by atoms with van der Waals surface area (Å²) in [7, 11) is 0. The van der Waals surface area contributed by atoms with E-state index in [1.54, 1.807) is 49.4 Å². The predicted molar refractivity (Wildman–Crippen MR) is 137 cm³/mol. The summed E-state index contributed by atoms with van der Waals surface area (Å²) in [5.74, 6) is -1.74. The van der Waals surface area contributed by atoms with Crippen molar-refractivity contribution in [3.63, 3.8) is 0 Å². The van der Waals surface area contributed by atoms with Crippen LogP contribution in [-0.4, -0.2) is 30.4 Å². The zero-order chi connectivity index (χ0) is 25.8. The molecule has 1 fully saturated rings. The highest BCUT2D eigenvalue weighted by molar-refractivity contribution is 6.39. The van der Waals surface area contributed by atoms with Gasteiger partial charge in [0.1, 0.15) is 11.3 Å². The van der Waals surface area contributed by atoms with Gasteiger partial charge in [-0.2, -0.15) is 0 Å². The minimum Gasteiger partial charge on any atom is -0.483 e. The van der Waals surface area contributed by atoms with Gasteiger partial charge < -0.3 is 10.1 Å². The molecule has 1 heterocycles. The third kappa shape index (κ3) is 5.29. The molecule has 5 amide bonds. The maximum atomic E-state index is 13.2. The molecular weight excluding hydrogens is 482 g/mol. The minimum absolute atomic E-state index is 0.226. The number of rotatable bonds is 6. The maximum Gasteiger partial charge on any atom is 0.335 e. The van der Waals surface area contributed by atoms with Gasteiger partial charge in [0, 0.05) is 16.3 Å². The van der Waals surface area contributed by atoms with Crippen molar-refractivity contribution < 1.29 is 23.9 Å². The highest BCUT2D eigenvalue weighted by atomic mass is 35.5. The molecule has 3 aromatic carbocycles. The van der Waals surface area contributed by atoms with Crippen LogP contribution in [0.2, 0.25) is 5.02 Å². The molecule has 0 radical (unpaired) electrons. The molecule has 182 valence electrons. The SMILES string of the molecule is Cc1ccc(N2C(=O)NC(=O)/C(=C\c3ccccc3OCC(=O)Nc3ccccc3C)C2=O)cc1Cl. The molecule has 0 atom stereocenters. The number of aryl methyl sites for hydroxylation is 2. The molecule has 0 aromatic heterocycles. The third-order valence-corrected chi connectivity index (χ3v) is 5.92. The zero-order valence-corrected chi connectivity index (χ0v) is 20.3. The molecule has 36 heavy (non-hydrogen) atoms. The van der Waals surface area contributed by atoms with Crippen LogP contribution < -0.4 is 20.3 Å². The van der Waals surface area contributed by atoms with Gasteiger partial charge in [-0.1, -0.05) is 54.1 Å². The first-order valence-electron chi connectivity index (χ1n) is 11.0. The van der Waals surface area contributed by atoms with Gasteiger partial charge in [0.05, 0.1) is 5.69 Å². The Morgan fingerprint density at radius 2 is 1.72 bits per heavy atom. The first-order chi connectivity index (χ1) is 17.2. The second-order valence-electron chi connectivity index (χ2n) is 8.08. The van der Waals surface area contributed by atoms with Crippen LogP contribution in [0.4, 0.5) is 16.2 Å². The van der Waals surface area contributed by atoms with Gasteiger partial charge in [-0.3, -0.25) is 19.7 Å². The Bertz CT molecular complexity index is 1420. The highest BCUT2D eigenvalue weighted by Crippen LogP contribution is 2.28. The van der Waals surface area contributed by atoms with Crippen molar-refractivity contribution in [3.8, 4) is 5.75 Å². The van der Waals surface area contributed by atoms with Gasteiger partial charge in [-0.25, -0.2) is 9.69 Å². The number of para-hydroxylation sites is 2. The molecule has 3 aromatic rings. The topological polar surface area (TPSA) is 105 Å². The smallest absolute Gasteiger partial charge is 0.335 e. The molecule has 1 aliphatic rings. The number of imide groups is 2. The van der Waals surface area contributed by atoms with Crippen molar-refractivity contribution in [1.82, 2.24) is 5.32 Å². The lowest BCUT2D eigenvalue weighted by atomic mass is 10.1. The normalized spacial score (nSPS) is 14.6. The summed E-state index contributed by atoms with van der Waals surface area (Å²) >= 11 is 6.16. The number of ether oxygens (including phenoxy) is 1. The fraction of sp³-hybridized carbons (Fsp3) is 0.111. The Morgan fingerprint density at radius 3 is 2.47 bits per heavy atom. The number of barbiturate groups is 1. The van der Waals surface area contributed by atoms with Crippen LogP contribution in [0, 0.1) is 13.8 Å². The van der Waals surface area contributed by atoms with Gasteiger partial charge in [0.25, 0.3) is 17.7 Å². The van der Waals surface area contributed by atoms with Crippen LogP contribution in [0.5, 0.6) is 5.75 Å². The largest absolute Gasteiger partial charge is 0.483 e. The van der Waals surface area contributed by atoms with Crippen molar-refractivity contribution in [2.75, 3.05) is 16.8 Å². The van der Waals surface area contributed by atoms with Crippen LogP contribution in [0.15, 0.2) is 72.3 Å². The Morgan fingerprint density at radius 1 is 1.00 bits per heavy atom. The standard InChI is InChI=1S/C27H22ClN3O5/c1-16-11-12-19(14-21(16)28)31-26(34)20(25(33)30-27(31)35)13-18-8-4-6-10-23(18)36-15-24(32)29-22-9-5-3-7-17(22)2/h3-14H,15H2,1-2H3,(H,29,32)(H,30,33,35)/b20-13+. The fourth-order valence-electron chi connectivity index (χ4n) is 3.54. The lowest BCUT2D eigenvalue weighted by Crippen LogP contribution is -2.54. The van der Waals surface area contributed by atoms with Crippen LogP contribution >= 0.6 is 11.6 Å². The van der Waals surface area contributed by atoms with Gasteiger partial charge in [-0.15, -0.1) is 0 Å². The van der Waals surface area contributed by atoms with E-state index in [0.29, 0.717) is 16.3 Å². The lowest BCUT2D eigenvalue weighted by molar-refractivity contribution is -0.122. The number of urea groups is 1. The molecule has 9 heteroatoms. The second-order valence-corrected chi connectivity index (χ2v) is 8.49. The Kier molecular flexibility index (Phi) is 7.17. The zero-order valence-electron chi connectivity index (χ0n) is 19.5. The number of carbonyl (C=O) groups excluding carboxylic acids is 4. The number of amides is 5. The van der Waals surface area contributed by atoms with E-state index >= 15 is 0 Å². The quantitative estimate of drug-likeness (QED) is 0.376. The summed E-state index contributed by atoms with van der Waals surface area (Å²) in [5, 5.41) is 5.33. The summed E-state index contributed by atoms with van der Waals surface area (Å²) in [6.45, 7) is 3.38. The van der Waals surface area contributed by atoms with Gasteiger partial charge >= 0.3 is 6.03 Å². The van der Waals surface area contributed by atoms with E-state index in [0.717, 1.165) is 16.0 Å². The fourth-order valence-corrected chi connectivity index (χ4v) is 3.72. The number of halogens is 1. The molecule has 2 N–H and O–H groups in total. The number of nitrogens with zero attached hydrogens (tertiary/aromatic N) is 1. The molecule has 0 spiro atoms. The molecule has 0 bridgehead atoms. The van der Waals surface area contributed by atoms with Crippen molar-refractivity contribution in [2.24, 2.45) is 0 Å². The summed E-state index contributed by atoms with van der Waals surface area (Å²) in [5.41, 5.74) is 2.69. The van der Waals surface area contributed by atoms with Crippen molar-refractivity contribution in [1.29, 1.82) is 0 Å². The predicted octanol–water partition coefficient (Wildman–Crippen LogP) is 4.64. The van der Waals surface area contributed by atoms with Crippen LogP contribution in [0.1, 0.15) is 16.7 Å². The summed E-state index contributed by atoms with van der Waals surface area (Å²) in [4.78, 5) is 51.5. The summed E-state index contributed by atoms with van der Waals surface area (Å²) in [6, 6.07) is 17.8. The number of carbonyl (C=O) groups is 4. The van der Waals surface area contributed by atoms with Crippen molar-refractivity contribution >= 4 is 52.8 Å². The first-order valence-corrected chi connectivity index (χ1v) is 11.4. The molecule has 0 unspecified atom stereocenters. The number of hydrogen-bond acceptors (Lipinski definition) is 5. The first kappa shape index (κ1) is 24.7. The molecule has 4 rings (SSSR count). The summed E-state index contributed by atoms with van der Waals surface area (Å²) in [6.07, 6.45) is 1.32. The second kappa shape index (κ2) is 10.5. The number of hydrogen-bond donors (Lipinski definition) is 2. The van der Waals surface area contributed by atoms with Crippen molar-refractivity contribution in [2.45, 2.75) is 13.8 Å². The Balaban J connectivity index is 1.56. The van der Waals surface area contributed by atoms with E-state index in [2.05, 4.69) is 10.6 Å². The van der Waals surface area contributed by atoms with E-state index in [4.69, 9.17) is 16.3 Å². The van der Waals surface area contributed by atoms with Crippen molar-refractivity contribution in [3.05, 3.63) is 94.0 Å². The molecular formula is C27H22ClN3O5. The number of anilines is 2. The van der Waals surface area contributed by atoms with E-state index < -0.39 is 17.8 Å². The van der Waals surface area contributed by atoms with Crippen LogP contribution in [0.25, 0.3) is 6.08 Å². The van der Waals surface area contributed by atoms with E-state index in [-0.39, 0.29) is 29.5 Å². The molecule has 1 saturated heterocycles. The van der Waals surface area contributed by atoms with Gasteiger partial charge in [0.15, 0.2) is 6.61 Å². The number of benzene rings is 3. The van der Waals surface area contributed by atoms with Crippen LogP contribution in [-0.2, 0) is 14.4 Å². The molecule has 8 nitrogen and oxygen atoms in total. The third-order valence-electron chi connectivity index (χ3n) is 5.51. The Hall–Kier alpha value is -4.43. The number of nitrogens with one attached hydrogen (secondary N) is 2. The van der Waals surface area contributed by atoms with E-state index in [9.17, 15) is 19.2 Å². The Labute approximate surface area is 212 Å². The highest BCUT2D eigenvalue weighted by Gasteiger charge is 2.37. The van der Waals surface area contributed by atoms with E-state index in [1.807, 2.05) is 25.1 Å². The average molecular weight is 504 g/mol. The van der Waals surface area contributed by atoms with Crippen LogP contribution in [0.3, 0.4) is 0 Å². The molecule has 0 saturated carbocycles. The lowest BCUT2D eigenvalue weighted by Gasteiger charge is -2.26. The van der Waals surface area contributed by atoms with Gasteiger partial charge in [0.2, 0.25) is 0 Å².